The quantitative estimate of drug-likeness (QED) is 0.666. The lowest BCUT2D eigenvalue weighted by Gasteiger charge is -2.32. The van der Waals surface area contributed by atoms with Crippen molar-refractivity contribution in [2.24, 2.45) is 17.8 Å². The van der Waals surface area contributed by atoms with Gasteiger partial charge in [-0.25, -0.2) is 4.79 Å². The third-order valence-electron chi connectivity index (χ3n) is 3.92. The fraction of sp³-hybridized carbons (Fsp3) is 0.800. The second kappa shape index (κ2) is 2.87. The summed E-state index contributed by atoms with van der Waals surface area (Å²) < 4.78 is 0. The minimum Gasteiger partial charge on any atom is -0.465 e. The zero-order chi connectivity index (χ0) is 10.6. The maximum atomic E-state index is 11.8. The number of fused-ring (bicyclic) bond motifs is 1. The maximum absolute atomic E-state index is 11.8. The Labute approximate surface area is 87.6 Å². The first-order valence-corrected chi connectivity index (χ1v) is 5.45. The number of hydrogen-bond donors (Lipinski definition) is 1. The number of hydrogen-bond acceptors (Lipinski definition) is 2. The van der Waals surface area contributed by atoms with Crippen LogP contribution >= 0.6 is 0 Å². The van der Waals surface area contributed by atoms with Crippen LogP contribution in [0, 0.1) is 17.8 Å². The van der Waals surface area contributed by atoms with Gasteiger partial charge in [-0.2, -0.15) is 0 Å². The van der Waals surface area contributed by atoms with E-state index in [0.29, 0.717) is 24.9 Å². The molecule has 2 aliphatic heterocycles. The van der Waals surface area contributed by atoms with Crippen molar-refractivity contribution < 1.29 is 14.7 Å². The summed E-state index contributed by atoms with van der Waals surface area (Å²) in [6.07, 6.45) is 0.270. The van der Waals surface area contributed by atoms with Gasteiger partial charge in [0.1, 0.15) is 0 Å². The monoisotopic (exact) mass is 210 g/mol. The summed E-state index contributed by atoms with van der Waals surface area (Å²) in [6, 6.07) is 0. The summed E-state index contributed by atoms with van der Waals surface area (Å²) in [5.74, 6) is 1.03. The van der Waals surface area contributed by atoms with Crippen LogP contribution < -0.4 is 0 Å². The summed E-state index contributed by atoms with van der Waals surface area (Å²) in [6.45, 7) is 2.92. The van der Waals surface area contributed by atoms with Gasteiger partial charge in [0.15, 0.2) is 0 Å². The fourth-order valence-corrected chi connectivity index (χ4v) is 2.80. The molecule has 1 N–H and O–H groups in total. The zero-order valence-electron chi connectivity index (χ0n) is 8.43. The molecule has 0 aromatic rings. The molecule has 0 aromatic carbocycles. The Morgan fingerprint density at radius 2 is 1.67 bits per heavy atom. The van der Waals surface area contributed by atoms with Crippen LogP contribution in [0.3, 0.4) is 0 Å². The molecule has 5 nitrogen and oxygen atoms in total. The summed E-state index contributed by atoms with van der Waals surface area (Å²) >= 11 is 0. The highest BCUT2D eigenvalue weighted by molar-refractivity contribution is 5.83. The molecular formula is C10H14N2O3. The summed E-state index contributed by atoms with van der Waals surface area (Å²) in [5, 5.41) is 8.77. The average molecular weight is 210 g/mol. The van der Waals surface area contributed by atoms with Crippen LogP contribution in [-0.2, 0) is 4.79 Å². The molecule has 5 heteroatoms. The van der Waals surface area contributed by atoms with Crippen molar-refractivity contribution in [2.45, 2.75) is 6.42 Å². The molecule has 1 saturated carbocycles. The normalized spacial score (nSPS) is 37.2. The molecular weight excluding hydrogens is 196 g/mol. The molecule has 1 aliphatic carbocycles. The van der Waals surface area contributed by atoms with Crippen LogP contribution in [0.1, 0.15) is 6.42 Å². The molecule has 2 amide bonds. The first-order chi connectivity index (χ1) is 7.18. The van der Waals surface area contributed by atoms with Crippen LogP contribution in [0.5, 0.6) is 0 Å². The van der Waals surface area contributed by atoms with Gasteiger partial charge in [-0.3, -0.25) is 4.79 Å². The van der Waals surface area contributed by atoms with E-state index in [-0.39, 0.29) is 11.8 Å². The Morgan fingerprint density at radius 1 is 1.07 bits per heavy atom. The second-order valence-electron chi connectivity index (χ2n) is 4.72. The Balaban J connectivity index is 1.58. The molecule has 2 heterocycles. The highest BCUT2D eigenvalue weighted by Gasteiger charge is 2.61. The van der Waals surface area contributed by atoms with Crippen molar-refractivity contribution in [2.75, 3.05) is 26.2 Å². The van der Waals surface area contributed by atoms with Gasteiger partial charge in [-0.05, 0) is 18.3 Å². The molecule has 15 heavy (non-hydrogen) atoms. The van der Waals surface area contributed by atoms with Crippen LogP contribution in [0.15, 0.2) is 0 Å². The van der Waals surface area contributed by atoms with Gasteiger partial charge < -0.3 is 14.9 Å². The molecule has 0 spiro atoms. The highest BCUT2D eigenvalue weighted by atomic mass is 16.4. The van der Waals surface area contributed by atoms with E-state index < -0.39 is 6.09 Å². The third-order valence-corrected chi connectivity index (χ3v) is 3.92. The molecule has 0 bridgehead atoms. The lowest BCUT2D eigenvalue weighted by atomic mass is 10.1. The molecule has 3 atom stereocenters. The number of likely N-dealkylation sites (tertiary alicyclic amines) is 2. The van der Waals surface area contributed by atoms with E-state index in [1.807, 2.05) is 4.90 Å². The van der Waals surface area contributed by atoms with Gasteiger partial charge >= 0.3 is 6.09 Å². The van der Waals surface area contributed by atoms with Crippen LogP contribution in [-0.4, -0.2) is 53.1 Å². The van der Waals surface area contributed by atoms with E-state index >= 15 is 0 Å². The third kappa shape index (κ3) is 1.22. The fourth-order valence-electron chi connectivity index (χ4n) is 2.80. The lowest BCUT2D eigenvalue weighted by Crippen LogP contribution is -2.44. The van der Waals surface area contributed by atoms with Crippen molar-refractivity contribution in [1.29, 1.82) is 0 Å². The van der Waals surface area contributed by atoms with E-state index in [4.69, 9.17) is 5.11 Å². The second-order valence-corrected chi connectivity index (χ2v) is 4.72. The van der Waals surface area contributed by atoms with Crippen molar-refractivity contribution in [3.8, 4) is 0 Å². The van der Waals surface area contributed by atoms with E-state index in [1.165, 1.54) is 4.90 Å². The number of rotatable bonds is 1. The van der Waals surface area contributed by atoms with Gasteiger partial charge in [0, 0.05) is 32.1 Å². The minimum atomic E-state index is -0.850. The number of piperidine rings is 1. The molecule has 3 fully saturated rings. The minimum absolute atomic E-state index is 0.140. The summed E-state index contributed by atoms with van der Waals surface area (Å²) in [7, 11) is 0. The van der Waals surface area contributed by atoms with E-state index in [2.05, 4.69) is 0 Å². The predicted octanol–water partition coefficient (Wildman–Crippen LogP) is 0.0745. The van der Waals surface area contributed by atoms with Crippen LogP contribution in [0.4, 0.5) is 4.79 Å². The lowest BCUT2D eigenvalue weighted by molar-refractivity contribution is -0.137. The topological polar surface area (TPSA) is 60.9 Å². The molecule has 0 radical (unpaired) electrons. The summed E-state index contributed by atoms with van der Waals surface area (Å²) in [5.41, 5.74) is 0. The Morgan fingerprint density at radius 3 is 2.07 bits per heavy atom. The number of carbonyl (C=O) groups excluding carboxylic acids is 1. The smallest absolute Gasteiger partial charge is 0.407 e. The van der Waals surface area contributed by atoms with Gasteiger partial charge in [0.2, 0.25) is 5.91 Å². The van der Waals surface area contributed by atoms with Gasteiger partial charge in [-0.1, -0.05) is 0 Å². The van der Waals surface area contributed by atoms with Crippen molar-refractivity contribution in [1.82, 2.24) is 9.80 Å². The van der Waals surface area contributed by atoms with E-state index in [0.717, 1.165) is 19.5 Å². The Bertz CT molecular complexity index is 315. The van der Waals surface area contributed by atoms with Gasteiger partial charge in [-0.15, -0.1) is 0 Å². The number of amides is 2. The molecule has 2 saturated heterocycles. The largest absolute Gasteiger partial charge is 0.465 e. The van der Waals surface area contributed by atoms with Crippen LogP contribution in [0.25, 0.3) is 0 Å². The van der Waals surface area contributed by atoms with Gasteiger partial charge in [0.25, 0.3) is 0 Å². The summed E-state index contributed by atoms with van der Waals surface area (Å²) in [4.78, 5) is 25.8. The highest BCUT2D eigenvalue weighted by Crippen LogP contribution is 2.52. The number of carboxylic acid groups (broad SMARTS) is 1. The molecule has 3 aliphatic rings. The van der Waals surface area contributed by atoms with Crippen molar-refractivity contribution in [3.05, 3.63) is 0 Å². The van der Waals surface area contributed by atoms with Crippen LogP contribution in [0.2, 0.25) is 0 Å². The van der Waals surface area contributed by atoms with Gasteiger partial charge in [0.05, 0.1) is 0 Å². The zero-order valence-corrected chi connectivity index (χ0v) is 8.43. The first-order valence-electron chi connectivity index (χ1n) is 5.45. The molecule has 1 unspecified atom stereocenters. The Kier molecular flexibility index (Phi) is 1.72. The molecule has 82 valence electrons. The molecule has 0 aromatic heterocycles. The van der Waals surface area contributed by atoms with Crippen molar-refractivity contribution >= 4 is 12.0 Å². The van der Waals surface area contributed by atoms with E-state index in [1.54, 1.807) is 0 Å². The maximum Gasteiger partial charge on any atom is 0.407 e. The first kappa shape index (κ1) is 9.00. The number of nitrogens with zero attached hydrogens (tertiary/aromatic N) is 2. The SMILES string of the molecule is O=C(O)N1C[C@@H]2C(C(=O)N3CCC3)[C@@H]2C1. The average Bonchev–Trinajstić information content (AvgIpc) is 2.58. The Hall–Kier alpha value is -1.26. The van der Waals surface area contributed by atoms with E-state index in [9.17, 15) is 9.59 Å². The predicted molar refractivity (Wildman–Crippen MR) is 51.3 cm³/mol. The number of carbonyl (C=O) groups is 2. The molecule has 3 rings (SSSR count). The standard InChI is InChI=1S/C10H14N2O3/c13-9(11-2-1-3-11)8-6-4-12(10(14)15)5-7(6)8/h6-8H,1-5H2,(H,14,15)/t6-,7+,8?. The van der Waals surface area contributed by atoms with Crippen molar-refractivity contribution in [3.63, 3.8) is 0 Å².